The maximum absolute atomic E-state index is 13.0. The summed E-state index contributed by atoms with van der Waals surface area (Å²) in [5, 5.41) is 28.6. The summed E-state index contributed by atoms with van der Waals surface area (Å²) in [7, 11) is 0. The van der Waals surface area contributed by atoms with E-state index in [1.165, 1.54) is 0 Å². The molecular formula is C21H20N4O2. The van der Waals surface area contributed by atoms with Crippen LogP contribution in [0.2, 0.25) is 0 Å². The molecule has 27 heavy (non-hydrogen) atoms. The number of Topliss-reactive ketones (excluding diaryl/α,β-unsaturated/α-hetero) is 1. The largest absolute Gasteiger partial charge is 0.391 e. The molecule has 1 aromatic carbocycles. The van der Waals surface area contributed by atoms with Gasteiger partial charge in [0.05, 0.1) is 24.3 Å². The Kier molecular flexibility index (Phi) is 4.31. The number of carbonyl (C=O) groups excluding carboxylic acids is 1. The Balaban J connectivity index is 1.64. The van der Waals surface area contributed by atoms with E-state index in [1.54, 1.807) is 34.9 Å². The second kappa shape index (κ2) is 6.66. The highest BCUT2D eigenvalue weighted by Crippen LogP contribution is 2.37. The molecule has 0 aliphatic carbocycles. The molecule has 2 unspecified atom stereocenters. The van der Waals surface area contributed by atoms with Gasteiger partial charge >= 0.3 is 0 Å². The van der Waals surface area contributed by atoms with Crippen LogP contribution in [0.4, 0.5) is 0 Å². The number of nitrogens with zero attached hydrogens (tertiary/aromatic N) is 4. The molecule has 1 N–H and O–H groups in total. The van der Waals surface area contributed by atoms with E-state index in [9.17, 15) is 15.2 Å². The summed E-state index contributed by atoms with van der Waals surface area (Å²) in [6.07, 6.45) is 2.37. The summed E-state index contributed by atoms with van der Waals surface area (Å²) in [5.41, 5.74) is 2.94. The van der Waals surface area contributed by atoms with Crippen LogP contribution in [0.3, 0.4) is 0 Å². The number of fused-ring (bicyclic) bond motifs is 2. The minimum Gasteiger partial charge on any atom is -0.391 e. The third-order valence-corrected chi connectivity index (χ3v) is 5.89. The van der Waals surface area contributed by atoms with Crippen LogP contribution in [0.25, 0.3) is 5.69 Å². The van der Waals surface area contributed by atoms with Crippen molar-refractivity contribution in [1.29, 1.82) is 10.5 Å². The molecule has 2 bridgehead atoms. The van der Waals surface area contributed by atoms with Crippen LogP contribution >= 0.6 is 0 Å². The van der Waals surface area contributed by atoms with E-state index in [0.717, 1.165) is 24.9 Å². The standard InChI is InChI=1S/C21H20N4O2/c1-13-18(21(27)12-24-16-6-7-19(24)20(26)9-16)8-17(11-23)25(13)15-4-2-14(10-22)3-5-15/h2-5,8,16,19-20,26H,6-7,9,12H2,1H3/t16?,19?,20-/m0/s1. The van der Waals surface area contributed by atoms with E-state index in [-0.39, 0.29) is 30.5 Å². The Hall–Kier alpha value is -2.93. The first-order chi connectivity index (χ1) is 13.0. The molecule has 1 aromatic heterocycles. The SMILES string of the molecule is Cc1c(C(=O)CN2C3CCC2[C@@H](O)C3)cc(C#N)n1-c1ccc(C#N)cc1. The zero-order valence-corrected chi connectivity index (χ0v) is 15.1. The number of aromatic nitrogens is 1. The molecule has 6 heteroatoms. The highest BCUT2D eigenvalue weighted by atomic mass is 16.3. The highest BCUT2D eigenvalue weighted by Gasteiger charge is 2.46. The Morgan fingerprint density at radius 2 is 1.96 bits per heavy atom. The van der Waals surface area contributed by atoms with E-state index >= 15 is 0 Å². The Morgan fingerprint density at radius 3 is 2.52 bits per heavy atom. The Labute approximate surface area is 157 Å². The average Bonchev–Trinajstić information content (AvgIpc) is 3.31. The summed E-state index contributed by atoms with van der Waals surface area (Å²) >= 11 is 0. The fourth-order valence-electron chi connectivity index (χ4n) is 4.55. The van der Waals surface area contributed by atoms with Gasteiger partial charge in [-0.05, 0) is 56.5 Å². The average molecular weight is 360 g/mol. The number of hydrogen-bond acceptors (Lipinski definition) is 5. The lowest BCUT2D eigenvalue weighted by Gasteiger charge is -2.21. The van der Waals surface area contributed by atoms with Crippen LogP contribution in [0.1, 0.15) is 46.6 Å². The molecule has 0 saturated carbocycles. The Morgan fingerprint density at radius 1 is 1.22 bits per heavy atom. The van der Waals surface area contributed by atoms with Crippen molar-refractivity contribution in [2.24, 2.45) is 0 Å². The monoisotopic (exact) mass is 360 g/mol. The van der Waals surface area contributed by atoms with Crippen LogP contribution in [0, 0.1) is 29.6 Å². The zero-order valence-electron chi connectivity index (χ0n) is 15.1. The van der Waals surface area contributed by atoms with Crippen molar-refractivity contribution in [2.45, 2.75) is 44.4 Å². The number of ketones is 1. The second-order valence-corrected chi connectivity index (χ2v) is 7.33. The fourth-order valence-corrected chi connectivity index (χ4v) is 4.55. The smallest absolute Gasteiger partial charge is 0.178 e. The lowest BCUT2D eigenvalue weighted by molar-refractivity contribution is 0.0873. The number of hydrogen-bond donors (Lipinski definition) is 1. The van der Waals surface area contributed by atoms with Gasteiger partial charge in [-0.25, -0.2) is 0 Å². The van der Waals surface area contributed by atoms with Gasteiger partial charge in [0.25, 0.3) is 0 Å². The third-order valence-electron chi connectivity index (χ3n) is 5.89. The van der Waals surface area contributed by atoms with Gasteiger partial charge in [0.15, 0.2) is 5.78 Å². The molecule has 136 valence electrons. The third kappa shape index (κ3) is 2.84. The molecule has 2 saturated heterocycles. The van der Waals surface area contributed by atoms with Crippen molar-refractivity contribution in [3.8, 4) is 17.8 Å². The fraction of sp³-hybridized carbons (Fsp3) is 0.381. The van der Waals surface area contributed by atoms with Crippen LogP contribution in [-0.2, 0) is 0 Å². The van der Waals surface area contributed by atoms with Crippen molar-refractivity contribution in [3.63, 3.8) is 0 Å². The number of carbonyl (C=O) groups is 1. The lowest BCUT2D eigenvalue weighted by atomic mass is 9.98. The van der Waals surface area contributed by atoms with Crippen molar-refractivity contribution >= 4 is 5.78 Å². The van der Waals surface area contributed by atoms with E-state index < -0.39 is 0 Å². The maximum Gasteiger partial charge on any atom is 0.178 e. The second-order valence-electron chi connectivity index (χ2n) is 7.33. The van der Waals surface area contributed by atoms with Gasteiger partial charge in [0.1, 0.15) is 11.8 Å². The van der Waals surface area contributed by atoms with E-state index in [4.69, 9.17) is 5.26 Å². The van der Waals surface area contributed by atoms with E-state index in [1.807, 2.05) is 6.92 Å². The van der Waals surface area contributed by atoms with Crippen molar-refractivity contribution in [1.82, 2.24) is 9.47 Å². The van der Waals surface area contributed by atoms with Gasteiger partial charge in [-0.3, -0.25) is 9.69 Å². The quantitative estimate of drug-likeness (QED) is 0.845. The lowest BCUT2D eigenvalue weighted by Crippen LogP contribution is -2.36. The molecular weight excluding hydrogens is 340 g/mol. The van der Waals surface area contributed by atoms with Gasteiger partial charge in [-0.2, -0.15) is 10.5 Å². The summed E-state index contributed by atoms with van der Waals surface area (Å²) in [6.45, 7) is 2.11. The summed E-state index contributed by atoms with van der Waals surface area (Å²) in [6, 6.07) is 13.2. The molecule has 0 spiro atoms. The molecule has 3 atom stereocenters. The summed E-state index contributed by atoms with van der Waals surface area (Å²) < 4.78 is 1.75. The van der Waals surface area contributed by atoms with Crippen molar-refractivity contribution in [2.75, 3.05) is 6.54 Å². The first kappa shape index (κ1) is 17.5. The molecule has 4 rings (SSSR count). The molecule has 0 amide bonds. The van der Waals surface area contributed by atoms with Crippen LogP contribution in [-0.4, -0.2) is 45.1 Å². The first-order valence-electron chi connectivity index (χ1n) is 9.13. The first-order valence-corrected chi connectivity index (χ1v) is 9.13. The summed E-state index contributed by atoms with van der Waals surface area (Å²) in [4.78, 5) is 15.1. The summed E-state index contributed by atoms with van der Waals surface area (Å²) in [5.74, 6) is -0.0256. The predicted molar refractivity (Wildman–Crippen MR) is 98.4 cm³/mol. The van der Waals surface area contributed by atoms with Gasteiger partial charge in [-0.15, -0.1) is 0 Å². The number of nitriles is 2. The molecule has 2 aliphatic heterocycles. The van der Waals surface area contributed by atoms with Gasteiger partial charge < -0.3 is 9.67 Å². The maximum atomic E-state index is 13.0. The number of aliphatic hydroxyl groups is 1. The number of benzene rings is 1. The van der Waals surface area contributed by atoms with E-state index in [0.29, 0.717) is 22.5 Å². The highest BCUT2D eigenvalue weighted by molar-refractivity contribution is 5.99. The number of rotatable bonds is 4. The topological polar surface area (TPSA) is 93.1 Å². The van der Waals surface area contributed by atoms with Crippen molar-refractivity contribution in [3.05, 3.63) is 52.8 Å². The normalized spacial score (nSPS) is 23.9. The molecule has 3 heterocycles. The van der Waals surface area contributed by atoms with Crippen LogP contribution < -0.4 is 0 Å². The minimum atomic E-state index is -0.337. The molecule has 2 aliphatic rings. The molecule has 6 nitrogen and oxygen atoms in total. The minimum absolute atomic E-state index is 0.0256. The molecule has 0 radical (unpaired) electrons. The van der Waals surface area contributed by atoms with Gasteiger partial charge in [0, 0.05) is 29.0 Å². The van der Waals surface area contributed by atoms with Crippen LogP contribution in [0.5, 0.6) is 0 Å². The van der Waals surface area contributed by atoms with Crippen LogP contribution in [0.15, 0.2) is 30.3 Å². The molecule has 2 aromatic rings. The van der Waals surface area contributed by atoms with Gasteiger partial charge in [0.2, 0.25) is 0 Å². The predicted octanol–water partition coefficient (Wildman–Crippen LogP) is 2.31. The Bertz CT molecular complexity index is 977. The zero-order chi connectivity index (χ0) is 19.1. The van der Waals surface area contributed by atoms with Crippen molar-refractivity contribution < 1.29 is 9.90 Å². The number of aliphatic hydroxyl groups excluding tert-OH is 1. The van der Waals surface area contributed by atoms with E-state index in [2.05, 4.69) is 17.0 Å². The van der Waals surface area contributed by atoms with Gasteiger partial charge in [-0.1, -0.05) is 0 Å². The molecule has 2 fully saturated rings.